The van der Waals surface area contributed by atoms with Gasteiger partial charge in [-0.15, -0.1) is 0 Å². The summed E-state index contributed by atoms with van der Waals surface area (Å²) in [6.07, 6.45) is 6.16. The summed E-state index contributed by atoms with van der Waals surface area (Å²) in [5.74, 6) is 0.664. The van der Waals surface area contributed by atoms with Gasteiger partial charge in [0.15, 0.2) is 0 Å². The fraction of sp³-hybridized carbons (Fsp3) is 0.727. The van der Waals surface area contributed by atoms with E-state index in [1.807, 2.05) is 23.9 Å². The summed E-state index contributed by atoms with van der Waals surface area (Å²) in [6, 6.07) is 0. The molecule has 0 amide bonds. The predicted octanol–water partition coefficient (Wildman–Crippen LogP) is 0.669. The van der Waals surface area contributed by atoms with Crippen molar-refractivity contribution < 1.29 is 0 Å². The third kappa shape index (κ3) is 2.31. The number of imidazole rings is 1. The molecule has 84 valence electrons. The van der Waals surface area contributed by atoms with E-state index in [4.69, 9.17) is 0 Å². The van der Waals surface area contributed by atoms with Crippen molar-refractivity contribution in [2.24, 2.45) is 5.92 Å². The van der Waals surface area contributed by atoms with Gasteiger partial charge in [-0.1, -0.05) is 0 Å². The predicted molar refractivity (Wildman–Crippen MR) is 60.0 cm³/mol. The molecule has 0 saturated carbocycles. The summed E-state index contributed by atoms with van der Waals surface area (Å²) in [6.45, 7) is 5.82. The van der Waals surface area contributed by atoms with Crippen LogP contribution in [0, 0.1) is 5.92 Å². The maximum Gasteiger partial charge on any atom is 0.328 e. The molecule has 1 aromatic heterocycles. The van der Waals surface area contributed by atoms with Gasteiger partial charge < -0.3 is 5.32 Å². The number of aromatic nitrogens is 2. The highest BCUT2D eigenvalue weighted by molar-refractivity contribution is 4.82. The normalized spacial score (nSPS) is 18.2. The molecule has 0 unspecified atom stereocenters. The zero-order valence-corrected chi connectivity index (χ0v) is 9.28. The van der Waals surface area contributed by atoms with Crippen molar-refractivity contribution in [1.82, 2.24) is 14.5 Å². The molecule has 1 aliphatic heterocycles. The minimum Gasteiger partial charge on any atom is -0.317 e. The average molecular weight is 209 g/mol. The molecule has 0 aromatic carbocycles. The van der Waals surface area contributed by atoms with E-state index in [2.05, 4.69) is 5.32 Å². The van der Waals surface area contributed by atoms with Crippen LogP contribution in [-0.4, -0.2) is 22.2 Å². The standard InChI is InChI=1S/C11H19N3O/c1-2-13-7-8-14(11(13)15)9-10-3-5-12-6-4-10/h7-8,10,12H,2-6,9H2,1H3. The number of nitrogens with zero attached hydrogens (tertiary/aromatic N) is 2. The van der Waals surface area contributed by atoms with Crippen LogP contribution in [0.4, 0.5) is 0 Å². The lowest BCUT2D eigenvalue weighted by Crippen LogP contribution is -2.32. The molecule has 1 fully saturated rings. The Labute approximate surface area is 89.9 Å². The second-order valence-electron chi connectivity index (χ2n) is 4.21. The van der Waals surface area contributed by atoms with Crippen LogP contribution in [0.2, 0.25) is 0 Å². The van der Waals surface area contributed by atoms with Crippen molar-refractivity contribution in [3.05, 3.63) is 22.9 Å². The van der Waals surface area contributed by atoms with Gasteiger partial charge in [0.05, 0.1) is 0 Å². The maximum absolute atomic E-state index is 11.8. The van der Waals surface area contributed by atoms with Crippen molar-refractivity contribution in [2.75, 3.05) is 13.1 Å². The minimum absolute atomic E-state index is 0.135. The Morgan fingerprint density at radius 2 is 2.00 bits per heavy atom. The molecule has 1 aliphatic rings. The highest BCUT2D eigenvalue weighted by Gasteiger charge is 2.14. The maximum atomic E-state index is 11.8. The lowest BCUT2D eigenvalue weighted by molar-refractivity contribution is 0.329. The quantitative estimate of drug-likeness (QED) is 0.794. The largest absolute Gasteiger partial charge is 0.328 e. The van der Waals surface area contributed by atoms with Crippen LogP contribution in [0.25, 0.3) is 0 Å². The third-order valence-corrected chi connectivity index (χ3v) is 3.17. The van der Waals surface area contributed by atoms with Crippen molar-refractivity contribution in [3.8, 4) is 0 Å². The van der Waals surface area contributed by atoms with Gasteiger partial charge in [-0.2, -0.15) is 0 Å². The monoisotopic (exact) mass is 209 g/mol. The Morgan fingerprint density at radius 1 is 1.33 bits per heavy atom. The first-order chi connectivity index (χ1) is 7.31. The van der Waals surface area contributed by atoms with Gasteiger partial charge in [0.1, 0.15) is 0 Å². The molecule has 2 heterocycles. The molecule has 2 rings (SSSR count). The highest BCUT2D eigenvalue weighted by atomic mass is 16.1. The SMILES string of the molecule is CCn1ccn(CC2CCNCC2)c1=O. The van der Waals surface area contributed by atoms with Gasteiger partial charge in [0.25, 0.3) is 0 Å². The lowest BCUT2D eigenvalue weighted by Gasteiger charge is -2.22. The highest BCUT2D eigenvalue weighted by Crippen LogP contribution is 2.12. The van der Waals surface area contributed by atoms with E-state index in [1.165, 1.54) is 12.8 Å². The van der Waals surface area contributed by atoms with Gasteiger partial charge in [-0.05, 0) is 38.8 Å². The molecule has 0 bridgehead atoms. The lowest BCUT2D eigenvalue weighted by atomic mass is 9.98. The van der Waals surface area contributed by atoms with Crippen LogP contribution in [0.15, 0.2) is 17.2 Å². The Kier molecular flexibility index (Phi) is 3.26. The number of hydrogen-bond acceptors (Lipinski definition) is 2. The van der Waals surface area contributed by atoms with Crippen LogP contribution in [0.5, 0.6) is 0 Å². The van der Waals surface area contributed by atoms with Crippen LogP contribution >= 0.6 is 0 Å². The van der Waals surface area contributed by atoms with E-state index < -0.39 is 0 Å². The number of piperidine rings is 1. The molecular weight excluding hydrogens is 190 g/mol. The smallest absolute Gasteiger partial charge is 0.317 e. The molecule has 4 nitrogen and oxygen atoms in total. The summed E-state index contributed by atoms with van der Waals surface area (Å²) >= 11 is 0. The summed E-state index contributed by atoms with van der Waals surface area (Å²) in [4.78, 5) is 11.8. The van der Waals surface area contributed by atoms with Gasteiger partial charge in [-0.3, -0.25) is 9.13 Å². The van der Waals surface area contributed by atoms with E-state index in [0.717, 1.165) is 26.2 Å². The third-order valence-electron chi connectivity index (χ3n) is 3.17. The molecule has 0 spiro atoms. The molecule has 0 radical (unpaired) electrons. The van der Waals surface area contributed by atoms with E-state index in [0.29, 0.717) is 5.92 Å². The minimum atomic E-state index is 0.135. The van der Waals surface area contributed by atoms with Crippen LogP contribution in [0.1, 0.15) is 19.8 Å². The number of nitrogens with one attached hydrogen (secondary N) is 1. The Hall–Kier alpha value is -1.03. The van der Waals surface area contributed by atoms with Crippen LogP contribution < -0.4 is 11.0 Å². The Morgan fingerprint density at radius 3 is 2.60 bits per heavy atom. The van der Waals surface area contributed by atoms with Crippen LogP contribution in [0.3, 0.4) is 0 Å². The van der Waals surface area contributed by atoms with Crippen molar-refractivity contribution in [1.29, 1.82) is 0 Å². The molecule has 1 aromatic rings. The topological polar surface area (TPSA) is 39.0 Å². The molecule has 0 atom stereocenters. The fourth-order valence-corrected chi connectivity index (χ4v) is 2.18. The molecule has 1 saturated heterocycles. The van der Waals surface area contributed by atoms with Gasteiger partial charge in [-0.25, -0.2) is 4.79 Å². The van der Waals surface area contributed by atoms with Crippen LogP contribution in [-0.2, 0) is 13.1 Å². The number of hydrogen-bond donors (Lipinski definition) is 1. The molecule has 15 heavy (non-hydrogen) atoms. The Balaban J connectivity index is 2.03. The number of aryl methyl sites for hydroxylation is 1. The summed E-state index contributed by atoms with van der Waals surface area (Å²) in [5.41, 5.74) is 0.135. The Bertz CT molecular complexity index is 360. The van der Waals surface area contributed by atoms with E-state index >= 15 is 0 Å². The average Bonchev–Trinajstić information content (AvgIpc) is 2.62. The first kappa shape index (κ1) is 10.5. The zero-order chi connectivity index (χ0) is 10.7. The summed E-state index contributed by atoms with van der Waals surface area (Å²) in [7, 11) is 0. The second-order valence-corrected chi connectivity index (χ2v) is 4.21. The van der Waals surface area contributed by atoms with E-state index in [1.54, 1.807) is 4.57 Å². The first-order valence-electron chi connectivity index (χ1n) is 5.77. The van der Waals surface area contributed by atoms with E-state index in [9.17, 15) is 4.79 Å². The van der Waals surface area contributed by atoms with Crippen molar-refractivity contribution in [2.45, 2.75) is 32.9 Å². The molecule has 1 N–H and O–H groups in total. The number of rotatable bonds is 3. The molecule has 4 heteroatoms. The van der Waals surface area contributed by atoms with Crippen molar-refractivity contribution in [3.63, 3.8) is 0 Å². The van der Waals surface area contributed by atoms with Gasteiger partial charge in [0, 0.05) is 25.5 Å². The second kappa shape index (κ2) is 4.66. The van der Waals surface area contributed by atoms with Gasteiger partial charge >= 0.3 is 5.69 Å². The summed E-state index contributed by atoms with van der Waals surface area (Å²) in [5, 5.41) is 3.34. The van der Waals surface area contributed by atoms with E-state index in [-0.39, 0.29) is 5.69 Å². The first-order valence-corrected chi connectivity index (χ1v) is 5.77. The van der Waals surface area contributed by atoms with Crippen molar-refractivity contribution >= 4 is 0 Å². The molecular formula is C11H19N3O. The fourth-order valence-electron chi connectivity index (χ4n) is 2.18. The molecule has 0 aliphatic carbocycles. The zero-order valence-electron chi connectivity index (χ0n) is 9.28. The van der Waals surface area contributed by atoms with Gasteiger partial charge in [0.2, 0.25) is 0 Å². The summed E-state index contributed by atoms with van der Waals surface area (Å²) < 4.78 is 3.60.